The first-order chi connectivity index (χ1) is 43.0. The molecule has 3 unspecified atom stereocenters. The van der Waals surface area contributed by atoms with Gasteiger partial charge in [-0.25, -0.2) is 4.79 Å². The van der Waals surface area contributed by atoms with E-state index in [0.29, 0.717) is 5.56 Å². The second kappa shape index (κ2) is 36.9. The highest BCUT2D eigenvalue weighted by Gasteiger charge is 2.46. The third kappa shape index (κ3) is 22.9. The number of carboxylic acids is 1. The number of carbonyl (C=O) groups excluding carboxylic acids is 11. The van der Waals surface area contributed by atoms with Crippen LogP contribution in [0.4, 0.5) is 0 Å². The van der Waals surface area contributed by atoms with Crippen molar-refractivity contribution >= 4 is 77.0 Å². The van der Waals surface area contributed by atoms with E-state index >= 15 is 19.2 Å². The van der Waals surface area contributed by atoms with Crippen LogP contribution >= 0.6 is 0 Å². The first-order valence-electron chi connectivity index (χ1n) is 32.8. The summed E-state index contributed by atoms with van der Waals surface area (Å²) in [6, 6.07) is -6.68. The number of amides is 11. The number of hydrogen-bond acceptors (Lipinski definition) is 13. The number of aromatic carboxylic acids is 1. The molecule has 0 aliphatic carbocycles. The number of aliphatic hydroxyl groups excluding tert-OH is 1. The zero-order valence-electron chi connectivity index (χ0n) is 59.7. The molecular weight excluding hydrogens is 1190 g/mol. The highest BCUT2D eigenvalue weighted by atomic mass is 16.4. The third-order valence-corrected chi connectivity index (χ3v) is 17.3. The fourth-order valence-corrected chi connectivity index (χ4v) is 11.5. The Labute approximate surface area is 552 Å². The van der Waals surface area contributed by atoms with E-state index in [9.17, 15) is 48.6 Å². The Kier molecular flexibility index (Phi) is 32.4. The largest absolute Gasteiger partial charge is 0.478 e. The summed E-state index contributed by atoms with van der Waals surface area (Å²) in [4.78, 5) is 181. The van der Waals surface area contributed by atoms with Crippen LogP contribution in [0.25, 0.3) is 6.08 Å². The van der Waals surface area contributed by atoms with Gasteiger partial charge in [0.25, 0.3) is 0 Å². The monoisotopic (exact) mass is 1310 g/mol. The predicted molar refractivity (Wildman–Crippen MR) is 356 cm³/mol. The molecule has 0 saturated carbocycles. The van der Waals surface area contributed by atoms with Crippen LogP contribution in [0.5, 0.6) is 0 Å². The minimum atomic E-state index is -1.72. The zero-order chi connectivity index (χ0) is 71.5. The van der Waals surface area contributed by atoms with Crippen molar-refractivity contribution in [1.82, 2.24) is 55.6 Å². The first-order valence-corrected chi connectivity index (χ1v) is 32.8. The number of carboxylic acid groups (broad SMARTS) is 1. The normalized spacial score (nSPS) is 25.5. The van der Waals surface area contributed by atoms with Crippen LogP contribution in [0, 0.1) is 41.4 Å². The lowest BCUT2D eigenvalue weighted by Gasteiger charge is -2.41. The Morgan fingerprint density at radius 2 is 0.925 bits per heavy atom. The molecule has 0 radical (unpaired) electrons. The second-order valence-electron chi connectivity index (χ2n) is 27.9. The average molecular weight is 1310 g/mol. The summed E-state index contributed by atoms with van der Waals surface area (Å²) in [5, 5.41) is 32.8. The Bertz CT molecular complexity index is 2790. The average Bonchev–Trinajstić information content (AvgIpc) is 0.846. The number of allylic oxidation sites excluding steroid dienone is 1. The van der Waals surface area contributed by atoms with Crippen LogP contribution in [0.1, 0.15) is 165 Å². The van der Waals surface area contributed by atoms with E-state index in [1.165, 1.54) is 99.8 Å². The molecule has 0 spiro atoms. The number of aliphatic hydroxyl groups is 1. The number of hydrogen-bond donors (Lipinski definition) is 6. The molecule has 25 nitrogen and oxygen atoms in total. The summed E-state index contributed by atoms with van der Waals surface area (Å²) in [5.74, 6) is -11.5. The Morgan fingerprint density at radius 3 is 1.39 bits per heavy atom. The lowest BCUT2D eigenvalue weighted by Crippen LogP contribution is -2.63. The molecule has 2 rings (SSSR count). The smallest absolute Gasteiger partial charge is 0.335 e. The van der Waals surface area contributed by atoms with E-state index in [4.69, 9.17) is 0 Å². The molecule has 1 aliphatic heterocycles. The van der Waals surface area contributed by atoms with Gasteiger partial charge in [-0.15, -0.1) is 0 Å². The summed E-state index contributed by atoms with van der Waals surface area (Å²) in [6.07, 6.45) is 2.42. The van der Waals surface area contributed by atoms with Gasteiger partial charge < -0.3 is 65.8 Å². The van der Waals surface area contributed by atoms with Gasteiger partial charge in [-0.1, -0.05) is 121 Å². The van der Waals surface area contributed by atoms with E-state index in [1.807, 2.05) is 55.4 Å². The van der Waals surface area contributed by atoms with E-state index in [2.05, 4.69) is 21.3 Å². The molecule has 12 atom stereocenters. The summed E-state index contributed by atoms with van der Waals surface area (Å²) < 4.78 is 0. The van der Waals surface area contributed by atoms with Crippen molar-refractivity contribution in [2.45, 2.75) is 216 Å². The molecule has 1 heterocycles. The maximum atomic E-state index is 15.3. The van der Waals surface area contributed by atoms with E-state index in [1.54, 1.807) is 65.8 Å². The number of nitrogens with one attached hydrogen (secondary N) is 4. The van der Waals surface area contributed by atoms with Gasteiger partial charge >= 0.3 is 5.97 Å². The van der Waals surface area contributed by atoms with Crippen molar-refractivity contribution < 1.29 is 67.7 Å². The van der Waals surface area contributed by atoms with Gasteiger partial charge in [-0.05, 0) is 111 Å². The molecule has 524 valence electrons. The Balaban J connectivity index is 3.00. The second-order valence-corrected chi connectivity index (χ2v) is 27.9. The number of carbonyl (C=O) groups is 12. The van der Waals surface area contributed by atoms with E-state index in [-0.39, 0.29) is 67.8 Å². The minimum absolute atomic E-state index is 0.0279. The van der Waals surface area contributed by atoms with Crippen LogP contribution in [0.2, 0.25) is 0 Å². The molecule has 6 N–H and O–H groups in total. The fourth-order valence-electron chi connectivity index (χ4n) is 11.5. The number of benzene rings is 1. The lowest BCUT2D eigenvalue weighted by molar-refractivity contribution is -0.157. The molecule has 1 aliphatic rings. The number of rotatable bonds is 17. The SMILES string of the molecule is CC[C@@H]1NC(=O)[C@H]([C@H](O)[C@H](C)C/C=C/c2ccc(C(=O)O)cc2)N(C)C(=O)[C@H](C(C)C)N(C)C(=O)C(CC(C)C)N(C)C(=O)[C@H](CC(C)C)N(C)C(=O)[C@@H](C)NC(=O)C(C)NC(=O)[C@H](CC(C)C)N(C)C(=O)C(C(C)C)NC(=O)[C@H](CC(C)C)N(C)C(=O)CN(C)C1=O. The van der Waals surface area contributed by atoms with Crippen LogP contribution in [-0.4, -0.2) is 238 Å². The number of nitrogens with zero attached hydrogens (tertiary/aromatic N) is 7. The number of likely N-dealkylation sites (N-methyl/N-ethyl adjacent to an activating group) is 7. The van der Waals surface area contributed by atoms with Crippen LogP contribution in [-0.2, 0) is 52.7 Å². The van der Waals surface area contributed by atoms with Crippen molar-refractivity contribution in [1.29, 1.82) is 0 Å². The van der Waals surface area contributed by atoms with Crippen LogP contribution < -0.4 is 21.3 Å². The molecule has 0 bridgehead atoms. The van der Waals surface area contributed by atoms with Gasteiger partial charge in [0.05, 0.1) is 18.2 Å². The summed E-state index contributed by atoms with van der Waals surface area (Å²) in [5.41, 5.74) is 0.731. The molecule has 1 fully saturated rings. The summed E-state index contributed by atoms with van der Waals surface area (Å²) >= 11 is 0. The van der Waals surface area contributed by atoms with Crippen LogP contribution in [0.3, 0.4) is 0 Å². The van der Waals surface area contributed by atoms with Crippen molar-refractivity contribution in [2.24, 2.45) is 41.4 Å². The molecule has 93 heavy (non-hydrogen) atoms. The lowest BCUT2D eigenvalue weighted by atomic mass is 9.91. The quantitative estimate of drug-likeness (QED) is 0.128. The molecule has 1 saturated heterocycles. The molecular formula is C68H113N11O14. The summed E-state index contributed by atoms with van der Waals surface area (Å²) in [6.45, 7) is 27.2. The standard InChI is InChI=1S/C68H113N11O14/c1-24-48-63(87)73(17)36-53(80)74(18)49(32-37(2)3)60(84)72-54(41(10)11)66(90)75(19)50(33-38(4)5)59(83)69-44(15)58(82)70-45(16)62(86)76(20)51(34-39(6)7)64(88)77(21)52(35-40(8)9)65(89)78(22)55(42(12)13)67(91)79(23)56(61(85)71-48)57(81)43(14)26-25-27-46-28-30-47(31-29-46)68(92)93/h25,27-31,37-45,48-52,54-57,81H,24,26,32-36H2,1-23H3,(H,69,83)(H,70,82)(H,71,85)(H,72,84)(H,92,93)/b27-25+/t43-,44?,45-,48+,49+,50+,51+,52?,54?,55+,56+,57-/m1/s1. The first kappa shape index (κ1) is 81.7. The van der Waals surface area contributed by atoms with E-state index < -0.39 is 162 Å². The molecule has 25 heteroatoms. The van der Waals surface area contributed by atoms with Gasteiger partial charge in [0, 0.05) is 49.3 Å². The van der Waals surface area contributed by atoms with Crippen molar-refractivity contribution in [2.75, 3.05) is 55.9 Å². The summed E-state index contributed by atoms with van der Waals surface area (Å²) in [7, 11) is 9.77. The highest BCUT2D eigenvalue weighted by molar-refractivity contribution is 5.99. The topological polar surface area (TPSA) is 316 Å². The maximum Gasteiger partial charge on any atom is 0.335 e. The van der Waals surface area contributed by atoms with Gasteiger partial charge in [0.2, 0.25) is 65.0 Å². The molecule has 1 aromatic carbocycles. The van der Waals surface area contributed by atoms with Crippen molar-refractivity contribution in [3.63, 3.8) is 0 Å². The molecule has 1 aromatic rings. The fraction of sp³-hybridized carbons (Fsp3) is 0.706. The van der Waals surface area contributed by atoms with Gasteiger partial charge in [-0.2, -0.15) is 0 Å². The van der Waals surface area contributed by atoms with Crippen molar-refractivity contribution in [3.05, 3.63) is 41.5 Å². The van der Waals surface area contributed by atoms with Crippen LogP contribution in [0.15, 0.2) is 30.3 Å². The predicted octanol–water partition coefficient (Wildman–Crippen LogP) is 4.10. The van der Waals surface area contributed by atoms with Gasteiger partial charge in [-0.3, -0.25) is 52.7 Å². The third-order valence-electron chi connectivity index (χ3n) is 17.3. The Hall–Kier alpha value is -7.44. The minimum Gasteiger partial charge on any atom is -0.478 e. The zero-order valence-corrected chi connectivity index (χ0v) is 59.7. The van der Waals surface area contributed by atoms with E-state index in [0.717, 1.165) is 9.80 Å². The molecule has 0 aromatic heterocycles. The van der Waals surface area contributed by atoms with Gasteiger partial charge in [0.1, 0.15) is 60.4 Å². The Morgan fingerprint density at radius 1 is 0.495 bits per heavy atom. The maximum absolute atomic E-state index is 15.3. The van der Waals surface area contributed by atoms with Crippen molar-refractivity contribution in [3.8, 4) is 0 Å². The molecule has 11 amide bonds. The van der Waals surface area contributed by atoms with Gasteiger partial charge in [0.15, 0.2) is 0 Å². The highest BCUT2D eigenvalue weighted by Crippen LogP contribution is 2.26.